The quantitative estimate of drug-likeness (QED) is 0.372. The average molecular weight is 470 g/mol. The van der Waals surface area contributed by atoms with E-state index in [4.69, 9.17) is 0 Å². The normalized spacial score (nSPS) is 12.4. The second kappa shape index (κ2) is 10.3. The van der Waals surface area contributed by atoms with Gasteiger partial charge in [-0.05, 0) is 43.3 Å². The summed E-state index contributed by atoms with van der Waals surface area (Å²) in [4.78, 5) is 8.59. The second-order valence-corrected chi connectivity index (χ2v) is 6.79. The number of rotatable bonds is 9. The highest BCUT2D eigenvalue weighted by molar-refractivity contribution is 5.68. The molecule has 176 valence electrons. The van der Waals surface area contributed by atoms with Crippen molar-refractivity contribution in [1.82, 2.24) is 9.97 Å². The van der Waals surface area contributed by atoms with Gasteiger partial charge in [0.1, 0.15) is 17.3 Å². The lowest BCUT2D eigenvalue weighted by Crippen LogP contribution is -2.21. The zero-order chi connectivity index (χ0) is 24.0. The maximum Gasteiger partial charge on any atom is 0.573 e. The van der Waals surface area contributed by atoms with Crippen LogP contribution >= 0.6 is 0 Å². The van der Waals surface area contributed by atoms with Crippen molar-refractivity contribution in [1.29, 1.82) is 0 Å². The summed E-state index contributed by atoms with van der Waals surface area (Å²) in [5.41, 5.74) is 1.07. The molecular weight excluding hydrogens is 451 g/mol. The molecule has 3 N–H and O–H groups in total. The Bertz CT molecular complexity index is 1060. The van der Waals surface area contributed by atoms with Gasteiger partial charge in [-0.15, -0.1) is 13.2 Å². The van der Waals surface area contributed by atoms with Crippen molar-refractivity contribution in [3.63, 3.8) is 0 Å². The van der Waals surface area contributed by atoms with Gasteiger partial charge in [-0.3, -0.25) is 0 Å². The Balaban J connectivity index is 1.92. The van der Waals surface area contributed by atoms with Gasteiger partial charge < -0.3 is 25.2 Å². The van der Waals surface area contributed by atoms with Gasteiger partial charge in [0, 0.05) is 23.4 Å². The van der Waals surface area contributed by atoms with E-state index in [0.29, 0.717) is 11.3 Å². The summed E-state index contributed by atoms with van der Waals surface area (Å²) in [6.45, 7) is -1.48. The van der Waals surface area contributed by atoms with Crippen LogP contribution in [0.25, 0.3) is 11.3 Å². The summed E-state index contributed by atoms with van der Waals surface area (Å²) >= 11 is 0. The topological polar surface area (TPSA) is 88.5 Å². The summed E-state index contributed by atoms with van der Waals surface area (Å²) in [5, 5.41) is 15.2. The van der Waals surface area contributed by atoms with Gasteiger partial charge in [0.2, 0.25) is 5.95 Å². The Labute approximate surface area is 185 Å². The predicted octanol–water partition coefficient (Wildman–Crippen LogP) is 5.18. The molecule has 0 saturated heterocycles. The molecule has 33 heavy (non-hydrogen) atoms. The van der Waals surface area contributed by atoms with E-state index in [9.17, 15) is 27.1 Å². The van der Waals surface area contributed by atoms with Crippen molar-refractivity contribution in [3.05, 3.63) is 54.6 Å². The van der Waals surface area contributed by atoms with Crippen molar-refractivity contribution in [2.45, 2.75) is 25.9 Å². The molecule has 0 spiro atoms. The molecule has 0 fully saturated rings. The van der Waals surface area contributed by atoms with Gasteiger partial charge in [-0.2, -0.15) is 13.8 Å². The largest absolute Gasteiger partial charge is 0.573 e. The number of halogens is 5. The van der Waals surface area contributed by atoms with Crippen LogP contribution in [0.1, 0.15) is 6.92 Å². The van der Waals surface area contributed by atoms with Gasteiger partial charge in [0.15, 0.2) is 0 Å². The van der Waals surface area contributed by atoms with Crippen LogP contribution in [0.15, 0.2) is 54.6 Å². The molecule has 3 aromatic rings. The summed E-state index contributed by atoms with van der Waals surface area (Å²) in [6.07, 6.45) is -4.85. The number of benzene rings is 2. The number of alkyl halides is 5. The molecule has 0 saturated carbocycles. The first-order chi connectivity index (χ1) is 15.6. The van der Waals surface area contributed by atoms with Crippen LogP contribution in [0.4, 0.5) is 39.4 Å². The Kier molecular flexibility index (Phi) is 7.48. The molecule has 2 aromatic carbocycles. The molecule has 0 aliphatic rings. The first-order valence-electron chi connectivity index (χ1n) is 9.56. The summed E-state index contributed by atoms with van der Waals surface area (Å²) in [7, 11) is 0. The molecule has 0 bridgehead atoms. The molecule has 0 amide bonds. The summed E-state index contributed by atoms with van der Waals surface area (Å²) in [6, 6.07) is 12.0. The standard InChI is InChI=1S/C21H19F5N4O3/c1-12(11-31)27-20-29-17(13-3-2-4-16(9-13)33-21(24,25)26)10-18(30-20)28-14-5-7-15(8-6-14)32-19(22)23/h2-10,12,19,31H,11H2,1H3,(H2,27,28,29,30)/t12-/m0/s1. The van der Waals surface area contributed by atoms with Crippen molar-refractivity contribution >= 4 is 17.5 Å². The van der Waals surface area contributed by atoms with Crippen LogP contribution in [-0.2, 0) is 0 Å². The van der Waals surface area contributed by atoms with Crippen LogP contribution in [-0.4, -0.2) is 40.7 Å². The number of aromatic nitrogens is 2. The molecule has 7 nitrogen and oxygen atoms in total. The number of hydrogen-bond donors (Lipinski definition) is 3. The van der Waals surface area contributed by atoms with Crippen LogP contribution in [0, 0.1) is 0 Å². The van der Waals surface area contributed by atoms with E-state index < -0.39 is 24.8 Å². The maximum absolute atomic E-state index is 12.6. The number of anilines is 3. The van der Waals surface area contributed by atoms with E-state index in [1.807, 2.05) is 0 Å². The molecule has 0 aliphatic carbocycles. The third-order valence-electron chi connectivity index (χ3n) is 4.09. The molecule has 12 heteroatoms. The van der Waals surface area contributed by atoms with Gasteiger partial charge in [0.25, 0.3) is 0 Å². The second-order valence-electron chi connectivity index (χ2n) is 6.79. The smallest absolute Gasteiger partial charge is 0.435 e. The van der Waals surface area contributed by atoms with Crippen LogP contribution in [0.3, 0.4) is 0 Å². The monoisotopic (exact) mass is 470 g/mol. The molecular formula is C21H19F5N4O3. The first-order valence-corrected chi connectivity index (χ1v) is 9.56. The third kappa shape index (κ3) is 7.45. The molecule has 0 radical (unpaired) electrons. The Morgan fingerprint density at radius 3 is 2.36 bits per heavy atom. The van der Waals surface area contributed by atoms with Crippen molar-refractivity contribution in [3.8, 4) is 22.8 Å². The van der Waals surface area contributed by atoms with Gasteiger partial charge >= 0.3 is 13.0 Å². The highest BCUT2D eigenvalue weighted by Crippen LogP contribution is 2.29. The fourth-order valence-electron chi connectivity index (χ4n) is 2.71. The van der Waals surface area contributed by atoms with Crippen LogP contribution in [0.5, 0.6) is 11.5 Å². The van der Waals surface area contributed by atoms with Gasteiger partial charge in [-0.25, -0.2) is 4.98 Å². The van der Waals surface area contributed by atoms with Crippen LogP contribution in [0.2, 0.25) is 0 Å². The Morgan fingerprint density at radius 2 is 1.73 bits per heavy atom. The van der Waals surface area contributed by atoms with Crippen LogP contribution < -0.4 is 20.1 Å². The fraction of sp³-hybridized carbons (Fsp3) is 0.238. The summed E-state index contributed by atoms with van der Waals surface area (Å²) < 4.78 is 70.7. The molecule has 0 unspecified atom stereocenters. The molecule has 1 atom stereocenters. The van der Waals surface area contributed by atoms with E-state index in [1.165, 1.54) is 42.5 Å². The Morgan fingerprint density at radius 1 is 1.00 bits per heavy atom. The van der Waals surface area contributed by atoms with Gasteiger partial charge in [0.05, 0.1) is 12.3 Å². The summed E-state index contributed by atoms with van der Waals surface area (Å²) in [5.74, 6) is -0.0748. The minimum atomic E-state index is -4.85. The lowest BCUT2D eigenvalue weighted by molar-refractivity contribution is -0.274. The number of nitrogens with one attached hydrogen (secondary N) is 2. The van der Waals surface area contributed by atoms with Crippen molar-refractivity contribution in [2.24, 2.45) is 0 Å². The predicted molar refractivity (Wildman–Crippen MR) is 111 cm³/mol. The SMILES string of the molecule is C[C@@H](CO)Nc1nc(Nc2ccc(OC(F)F)cc2)cc(-c2cccc(OC(F)(F)F)c2)n1. The van der Waals surface area contributed by atoms with E-state index in [2.05, 4.69) is 30.1 Å². The van der Waals surface area contributed by atoms with Gasteiger partial charge in [-0.1, -0.05) is 12.1 Å². The van der Waals surface area contributed by atoms with Crippen molar-refractivity contribution in [2.75, 3.05) is 17.2 Å². The minimum absolute atomic E-state index is 0.0282. The number of hydrogen-bond acceptors (Lipinski definition) is 7. The molecule has 3 rings (SSSR count). The fourth-order valence-corrected chi connectivity index (χ4v) is 2.71. The third-order valence-corrected chi connectivity index (χ3v) is 4.09. The Hall–Kier alpha value is -3.67. The average Bonchev–Trinajstić information content (AvgIpc) is 2.73. The molecule has 0 aliphatic heterocycles. The lowest BCUT2D eigenvalue weighted by Gasteiger charge is -2.15. The first kappa shape index (κ1) is 24.0. The zero-order valence-corrected chi connectivity index (χ0v) is 17.1. The number of aliphatic hydroxyl groups excluding tert-OH is 1. The highest BCUT2D eigenvalue weighted by Gasteiger charge is 2.31. The van der Waals surface area contributed by atoms with E-state index >= 15 is 0 Å². The lowest BCUT2D eigenvalue weighted by atomic mass is 10.1. The number of nitrogens with zero attached hydrogens (tertiary/aromatic N) is 2. The number of ether oxygens (including phenoxy) is 2. The maximum atomic E-state index is 12.6. The minimum Gasteiger partial charge on any atom is -0.435 e. The van der Waals surface area contributed by atoms with E-state index in [1.54, 1.807) is 13.0 Å². The van der Waals surface area contributed by atoms with E-state index in [-0.39, 0.29) is 29.8 Å². The highest BCUT2D eigenvalue weighted by atomic mass is 19.4. The van der Waals surface area contributed by atoms with Crippen molar-refractivity contribution < 1.29 is 36.5 Å². The molecule has 1 heterocycles. The zero-order valence-electron chi connectivity index (χ0n) is 17.1. The molecule has 1 aromatic heterocycles. The van der Waals surface area contributed by atoms with E-state index in [0.717, 1.165) is 6.07 Å². The number of aliphatic hydroxyl groups is 1.